The van der Waals surface area contributed by atoms with E-state index >= 15 is 0 Å². The minimum Gasteiger partial charge on any atom is -0.267 e. The summed E-state index contributed by atoms with van der Waals surface area (Å²) in [5, 5.41) is 13.7. The van der Waals surface area contributed by atoms with Gasteiger partial charge in [-0.05, 0) is 18.5 Å². The van der Waals surface area contributed by atoms with E-state index in [1.165, 1.54) is 6.19 Å². The minimum atomic E-state index is -0.444. The third-order valence-electron chi connectivity index (χ3n) is 1.03. The predicted molar refractivity (Wildman–Crippen MR) is 37.7 cm³/mol. The number of carbonyl (C=O) groups is 1. The Balaban J connectivity index is 2.86. The highest BCUT2D eigenvalue weighted by atomic mass is 32.1. The summed E-state index contributed by atoms with van der Waals surface area (Å²) in [7, 11) is 0. The third-order valence-corrected chi connectivity index (χ3v) is 1.85. The van der Waals surface area contributed by atoms with Crippen LogP contribution in [-0.2, 0) is 0 Å². The summed E-state index contributed by atoms with van der Waals surface area (Å²) in [6, 6.07) is 0. The van der Waals surface area contributed by atoms with Crippen LogP contribution < -0.4 is 5.32 Å². The standard InChI is InChI=1S/C5H4N4OS/c1-3-4(11-9-8-3)5(10)7-2-6/h1H3,(H,7,10). The second-order valence-electron chi connectivity index (χ2n) is 1.75. The molecule has 5 nitrogen and oxygen atoms in total. The molecule has 0 saturated carbocycles. The zero-order chi connectivity index (χ0) is 8.27. The normalized spacial score (nSPS) is 8.73. The van der Waals surface area contributed by atoms with E-state index in [4.69, 9.17) is 5.26 Å². The van der Waals surface area contributed by atoms with E-state index in [0.717, 1.165) is 11.5 Å². The van der Waals surface area contributed by atoms with Crippen LogP contribution >= 0.6 is 11.5 Å². The van der Waals surface area contributed by atoms with Crippen LogP contribution in [0, 0.1) is 18.4 Å². The van der Waals surface area contributed by atoms with Crippen molar-refractivity contribution in [3.63, 3.8) is 0 Å². The summed E-state index contributed by atoms with van der Waals surface area (Å²) in [5.41, 5.74) is 0.544. The van der Waals surface area contributed by atoms with E-state index in [1.807, 2.05) is 5.32 Å². The molecule has 0 aliphatic heterocycles. The van der Waals surface area contributed by atoms with Gasteiger partial charge in [0, 0.05) is 0 Å². The molecule has 0 atom stereocenters. The maximum absolute atomic E-state index is 10.9. The fourth-order valence-electron chi connectivity index (χ4n) is 0.547. The molecule has 0 radical (unpaired) electrons. The molecule has 1 N–H and O–H groups in total. The summed E-state index contributed by atoms with van der Waals surface area (Å²) in [6.45, 7) is 1.66. The van der Waals surface area contributed by atoms with Crippen molar-refractivity contribution >= 4 is 17.4 Å². The number of nitrogens with one attached hydrogen (secondary N) is 1. The smallest absolute Gasteiger partial charge is 0.267 e. The van der Waals surface area contributed by atoms with E-state index in [9.17, 15) is 4.79 Å². The third kappa shape index (κ3) is 1.50. The Morgan fingerprint density at radius 1 is 1.82 bits per heavy atom. The molecule has 0 bridgehead atoms. The second-order valence-corrected chi connectivity index (χ2v) is 2.51. The summed E-state index contributed by atoms with van der Waals surface area (Å²) >= 11 is 0.973. The van der Waals surface area contributed by atoms with Crippen LogP contribution in [-0.4, -0.2) is 15.5 Å². The van der Waals surface area contributed by atoms with Crippen LogP contribution in [0.1, 0.15) is 15.4 Å². The second kappa shape index (κ2) is 3.07. The number of nitriles is 1. The molecule has 0 aromatic carbocycles. The summed E-state index contributed by atoms with van der Waals surface area (Å²) in [5.74, 6) is -0.444. The number of amides is 1. The van der Waals surface area contributed by atoms with Crippen LogP contribution in [0.3, 0.4) is 0 Å². The average Bonchev–Trinajstić information content (AvgIpc) is 2.36. The van der Waals surface area contributed by atoms with Crippen molar-refractivity contribution in [1.29, 1.82) is 5.26 Å². The van der Waals surface area contributed by atoms with Crippen LogP contribution in [0.15, 0.2) is 0 Å². The van der Waals surface area contributed by atoms with Gasteiger partial charge in [-0.3, -0.25) is 10.1 Å². The van der Waals surface area contributed by atoms with Gasteiger partial charge < -0.3 is 0 Å². The molecule has 1 heterocycles. The fourth-order valence-corrected chi connectivity index (χ4v) is 1.10. The van der Waals surface area contributed by atoms with E-state index in [0.29, 0.717) is 10.6 Å². The van der Waals surface area contributed by atoms with E-state index in [1.54, 1.807) is 6.92 Å². The van der Waals surface area contributed by atoms with Gasteiger partial charge in [-0.15, -0.1) is 5.10 Å². The van der Waals surface area contributed by atoms with Crippen molar-refractivity contribution in [3.8, 4) is 6.19 Å². The number of rotatable bonds is 1. The lowest BCUT2D eigenvalue weighted by atomic mass is 10.4. The zero-order valence-electron chi connectivity index (χ0n) is 5.66. The molecule has 6 heteroatoms. The van der Waals surface area contributed by atoms with Gasteiger partial charge in [-0.2, -0.15) is 5.26 Å². The first-order chi connectivity index (χ1) is 5.25. The van der Waals surface area contributed by atoms with Crippen LogP contribution in [0.5, 0.6) is 0 Å². The highest BCUT2D eigenvalue weighted by Crippen LogP contribution is 2.07. The van der Waals surface area contributed by atoms with Gasteiger partial charge in [0.15, 0.2) is 6.19 Å². The highest BCUT2D eigenvalue weighted by Gasteiger charge is 2.11. The quantitative estimate of drug-likeness (QED) is 0.475. The van der Waals surface area contributed by atoms with Crippen molar-refractivity contribution < 1.29 is 4.79 Å². The molecule has 11 heavy (non-hydrogen) atoms. The zero-order valence-corrected chi connectivity index (χ0v) is 6.47. The van der Waals surface area contributed by atoms with Gasteiger partial charge in [0.1, 0.15) is 4.88 Å². The molecule has 0 spiro atoms. The van der Waals surface area contributed by atoms with Gasteiger partial charge in [-0.1, -0.05) is 4.49 Å². The van der Waals surface area contributed by atoms with Gasteiger partial charge >= 0.3 is 0 Å². The topological polar surface area (TPSA) is 78.7 Å². The Hall–Kier alpha value is -1.48. The number of carbonyl (C=O) groups excluding carboxylic acids is 1. The Labute approximate surface area is 66.8 Å². The van der Waals surface area contributed by atoms with Crippen LogP contribution in [0.4, 0.5) is 0 Å². The molecular formula is C5H4N4OS. The van der Waals surface area contributed by atoms with Crippen molar-refractivity contribution in [1.82, 2.24) is 14.9 Å². The number of hydrogen-bond donors (Lipinski definition) is 1. The van der Waals surface area contributed by atoms with Gasteiger partial charge in [0.25, 0.3) is 5.91 Å². The molecule has 1 amide bonds. The van der Waals surface area contributed by atoms with Crippen molar-refractivity contribution in [3.05, 3.63) is 10.6 Å². The minimum absolute atomic E-state index is 0.381. The van der Waals surface area contributed by atoms with Crippen LogP contribution in [0.2, 0.25) is 0 Å². The van der Waals surface area contributed by atoms with E-state index in [-0.39, 0.29) is 0 Å². The maximum Gasteiger partial charge on any atom is 0.277 e. The maximum atomic E-state index is 10.9. The molecule has 1 aromatic heterocycles. The highest BCUT2D eigenvalue weighted by molar-refractivity contribution is 7.08. The van der Waals surface area contributed by atoms with Crippen molar-refractivity contribution in [2.75, 3.05) is 0 Å². The first-order valence-corrected chi connectivity index (χ1v) is 3.51. The number of aromatic nitrogens is 2. The van der Waals surface area contributed by atoms with Crippen LogP contribution in [0.25, 0.3) is 0 Å². The lowest BCUT2D eigenvalue weighted by Crippen LogP contribution is -2.16. The SMILES string of the molecule is Cc1nnsc1C(=O)NC#N. The largest absolute Gasteiger partial charge is 0.277 e. The van der Waals surface area contributed by atoms with Crippen molar-refractivity contribution in [2.24, 2.45) is 0 Å². The molecule has 1 aromatic rings. The molecule has 0 aliphatic rings. The first kappa shape index (κ1) is 7.63. The molecule has 0 fully saturated rings. The molecule has 56 valence electrons. The molecule has 1 rings (SSSR count). The Morgan fingerprint density at radius 3 is 3.00 bits per heavy atom. The molecule has 0 unspecified atom stereocenters. The average molecular weight is 168 g/mol. The number of nitrogens with zero attached hydrogens (tertiary/aromatic N) is 3. The summed E-state index contributed by atoms with van der Waals surface area (Å²) in [4.78, 5) is 11.3. The van der Waals surface area contributed by atoms with Crippen molar-refractivity contribution in [2.45, 2.75) is 6.92 Å². The monoisotopic (exact) mass is 168 g/mol. The summed E-state index contributed by atoms with van der Waals surface area (Å²) in [6.07, 6.45) is 1.53. The Morgan fingerprint density at radius 2 is 2.55 bits per heavy atom. The first-order valence-electron chi connectivity index (χ1n) is 2.74. The molecule has 0 aliphatic carbocycles. The van der Waals surface area contributed by atoms with Gasteiger partial charge in [0.05, 0.1) is 5.69 Å². The Bertz CT molecular complexity index is 313. The lowest BCUT2D eigenvalue weighted by Gasteiger charge is -1.89. The molecular weight excluding hydrogens is 164 g/mol. The predicted octanol–water partition coefficient (Wildman–Crippen LogP) is 0.0574. The van der Waals surface area contributed by atoms with E-state index in [2.05, 4.69) is 9.59 Å². The Kier molecular flexibility index (Phi) is 2.13. The lowest BCUT2D eigenvalue weighted by molar-refractivity contribution is 0.0976. The number of aryl methyl sites for hydroxylation is 1. The fraction of sp³-hybridized carbons (Fsp3) is 0.200. The summed E-state index contributed by atoms with van der Waals surface area (Å²) < 4.78 is 3.55. The van der Waals surface area contributed by atoms with E-state index < -0.39 is 5.91 Å². The number of hydrogen-bond acceptors (Lipinski definition) is 5. The van der Waals surface area contributed by atoms with Gasteiger partial charge in [0.2, 0.25) is 0 Å². The molecule has 0 saturated heterocycles. The van der Waals surface area contributed by atoms with Gasteiger partial charge in [-0.25, -0.2) is 0 Å².